The van der Waals surface area contributed by atoms with Crippen molar-refractivity contribution in [2.24, 2.45) is 0 Å². The van der Waals surface area contributed by atoms with Crippen molar-refractivity contribution < 1.29 is 34.4 Å². The summed E-state index contributed by atoms with van der Waals surface area (Å²) < 4.78 is 4.58. The van der Waals surface area contributed by atoms with Crippen LogP contribution in [-0.2, 0) is 19.1 Å². The van der Waals surface area contributed by atoms with Crippen LogP contribution in [0.25, 0.3) is 0 Å². The molecule has 0 fully saturated rings. The van der Waals surface area contributed by atoms with E-state index in [1.807, 2.05) is 0 Å². The van der Waals surface area contributed by atoms with E-state index in [2.05, 4.69) is 11.3 Å². The third-order valence-corrected chi connectivity index (χ3v) is 1.35. The zero-order valence-electron chi connectivity index (χ0n) is 7.67. The number of carboxylic acids is 3. The Morgan fingerprint density at radius 3 is 1.73 bits per heavy atom. The van der Waals surface area contributed by atoms with Crippen LogP contribution in [0.15, 0.2) is 12.3 Å². The van der Waals surface area contributed by atoms with Gasteiger partial charge in [0.05, 0.1) is 12.8 Å². The van der Waals surface area contributed by atoms with Gasteiger partial charge in [-0.3, -0.25) is 9.59 Å². The van der Waals surface area contributed by atoms with Gasteiger partial charge >= 0.3 is 17.9 Å². The van der Waals surface area contributed by atoms with Gasteiger partial charge < -0.3 is 20.1 Å². The van der Waals surface area contributed by atoms with Gasteiger partial charge in [0.15, 0.2) is 5.76 Å². The molecule has 0 rings (SSSR count). The van der Waals surface area contributed by atoms with Crippen LogP contribution in [0.3, 0.4) is 0 Å². The maximum absolute atomic E-state index is 10.3. The third-order valence-electron chi connectivity index (χ3n) is 1.35. The summed E-state index contributed by atoms with van der Waals surface area (Å²) in [5.74, 6) is -4.70. The summed E-state index contributed by atoms with van der Waals surface area (Å²) >= 11 is 0. The Balaban J connectivity index is 4.36. The second-order valence-electron chi connectivity index (χ2n) is 2.66. The summed E-state index contributed by atoms with van der Waals surface area (Å²) in [6.45, 7) is 3.00. The van der Waals surface area contributed by atoms with E-state index < -0.39 is 42.6 Å². The van der Waals surface area contributed by atoms with E-state index in [0.717, 1.165) is 0 Å². The Bertz CT molecular complexity index is 277. The number of aliphatic carboxylic acids is 3. The molecule has 0 aliphatic heterocycles. The van der Waals surface area contributed by atoms with E-state index >= 15 is 0 Å². The molecular weight excluding hydrogens is 208 g/mol. The van der Waals surface area contributed by atoms with Crippen molar-refractivity contribution >= 4 is 17.9 Å². The van der Waals surface area contributed by atoms with Gasteiger partial charge in [0.25, 0.3) is 0 Å². The van der Waals surface area contributed by atoms with Crippen LogP contribution in [0.1, 0.15) is 12.8 Å². The maximum Gasteiger partial charge on any atom is 0.370 e. The van der Waals surface area contributed by atoms with Gasteiger partial charge in [0.2, 0.25) is 0 Å². The van der Waals surface area contributed by atoms with Gasteiger partial charge in [-0.2, -0.15) is 0 Å². The van der Waals surface area contributed by atoms with E-state index in [4.69, 9.17) is 15.3 Å². The van der Waals surface area contributed by atoms with Crippen LogP contribution in [0.5, 0.6) is 0 Å². The van der Waals surface area contributed by atoms with Crippen molar-refractivity contribution in [3.63, 3.8) is 0 Å². The summed E-state index contributed by atoms with van der Waals surface area (Å²) in [5.41, 5.74) is 0. The molecule has 0 radical (unpaired) electrons. The number of carboxylic acid groups (broad SMARTS) is 3. The fraction of sp³-hybridized carbons (Fsp3) is 0.375. The van der Waals surface area contributed by atoms with Crippen molar-refractivity contribution in [3.05, 3.63) is 12.3 Å². The lowest BCUT2D eigenvalue weighted by molar-refractivity contribution is -0.147. The average Bonchev–Trinajstić information content (AvgIpc) is 2.00. The van der Waals surface area contributed by atoms with Gasteiger partial charge in [-0.15, -0.1) is 0 Å². The van der Waals surface area contributed by atoms with E-state index in [0.29, 0.717) is 0 Å². The van der Waals surface area contributed by atoms with Crippen molar-refractivity contribution in [3.8, 4) is 0 Å². The molecule has 0 heterocycles. The molecule has 0 amide bonds. The monoisotopic (exact) mass is 218 g/mol. The van der Waals surface area contributed by atoms with Crippen molar-refractivity contribution in [2.75, 3.05) is 0 Å². The predicted molar refractivity (Wildman–Crippen MR) is 46.2 cm³/mol. The molecule has 3 N–H and O–H groups in total. The zero-order valence-corrected chi connectivity index (χ0v) is 7.67. The highest BCUT2D eigenvalue weighted by atomic mass is 16.5. The highest BCUT2D eigenvalue weighted by Gasteiger charge is 2.21. The van der Waals surface area contributed by atoms with Crippen LogP contribution in [-0.4, -0.2) is 39.3 Å². The number of ether oxygens (including phenoxy) is 1. The first-order valence-electron chi connectivity index (χ1n) is 3.85. The summed E-state index contributed by atoms with van der Waals surface area (Å²) in [5, 5.41) is 25.2. The van der Waals surface area contributed by atoms with E-state index in [1.165, 1.54) is 0 Å². The molecule has 0 aromatic carbocycles. The summed E-state index contributed by atoms with van der Waals surface area (Å²) in [6.07, 6.45) is -2.43. The summed E-state index contributed by atoms with van der Waals surface area (Å²) in [4.78, 5) is 30.9. The minimum absolute atomic E-state index is 0.599. The second-order valence-corrected chi connectivity index (χ2v) is 2.66. The average molecular weight is 218 g/mol. The fourth-order valence-electron chi connectivity index (χ4n) is 0.797. The molecule has 0 atom stereocenters. The second kappa shape index (κ2) is 5.63. The Morgan fingerprint density at radius 2 is 1.47 bits per heavy atom. The first-order valence-corrected chi connectivity index (χ1v) is 3.85. The van der Waals surface area contributed by atoms with E-state index in [1.54, 1.807) is 0 Å². The van der Waals surface area contributed by atoms with Gasteiger partial charge in [0, 0.05) is 0 Å². The Labute approximate surface area is 84.6 Å². The first-order chi connectivity index (χ1) is 6.82. The topological polar surface area (TPSA) is 121 Å². The lowest BCUT2D eigenvalue weighted by Gasteiger charge is -2.14. The zero-order chi connectivity index (χ0) is 12.0. The molecule has 15 heavy (non-hydrogen) atoms. The highest BCUT2D eigenvalue weighted by molar-refractivity contribution is 5.83. The Kier molecular flexibility index (Phi) is 4.86. The number of hydrogen-bond acceptors (Lipinski definition) is 4. The molecule has 0 saturated carbocycles. The SMILES string of the molecule is C=C(OC(CC(=O)O)CC(=O)O)C(=O)O. The number of hydrogen-bond donors (Lipinski definition) is 3. The molecule has 0 spiro atoms. The van der Waals surface area contributed by atoms with Crippen LogP contribution >= 0.6 is 0 Å². The van der Waals surface area contributed by atoms with Crippen molar-refractivity contribution in [1.29, 1.82) is 0 Å². The van der Waals surface area contributed by atoms with Crippen LogP contribution in [0, 0.1) is 0 Å². The van der Waals surface area contributed by atoms with Gasteiger partial charge in [-0.05, 0) is 6.58 Å². The molecule has 0 unspecified atom stereocenters. The molecule has 0 aliphatic carbocycles. The number of carbonyl (C=O) groups is 3. The minimum atomic E-state index is -1.46. The molecule has 0 bridgehead atoms. The van der Waals surface area contributed by atoms with Gasteiger partial charge in [-0.25, -0.2) is 4.79 Å². The van der Waals surface area contributed by atoms with Crippen LogP contribution in [0.4, 0.5) is 0 Å². The molecule has 7 nitrogen and oxygen atoms in total. The van der Waals surface area contributed by atoms with E-state index in [9.17, 15) is 14.4 Å². The Morgan fingerprint density at radius 1 is 1.07 bits per heavy atom. The first kappa shape index (κ1) is 12.9. The highest BCUT2D eigenvalue weighted by Crippen LogP contribution is 2.09. The normalized spacial score (nSPS) is 9.67. The molecule has 0 aromatic rings. The molecule has 84 valence electrons. The van der Waals surface area contributed by atoms with Gasteiger partial charge in [-0.1, -0.05) is 0 Å². The fourth-order valence-corrected chi connectivity index (χ4v) is 0.797. The summed E-state index contributed by atoms with van der Waals surface area (Å²) in [6, 6.07) is 0. The standard InChI is InChI=1S/C8H10O7/c1-4(8(13)14)15-5(2-6(9)10)3-7(11)12/h5H,1-3H2,(H,9,10)(H,11,12)(H,13,14). The van der Waals surface area contributed by atoms with Gasteiger partial charge in [0.1, 0.15) is 6.10 Å². The summed E-state index contributed by atoms with van der Waals surface area (Å²) in [7, 11) is 0. The Hall–Kier alpha value is -2.05. The predicted octanol–water partition coefficient (Wildman–Crippen LogP) is -0.0807. The molecular formula is C8H10O7. The molecule has 0 aromatic heterocycles. The van der Waals surface area contributed by atoms with E-state index in [-0.39, 0.29) is 0 Å². The molecule has 0 saturated heterocycles. The quantitative estimate of drug-likeness (QED) is 0.403. The third kappa shape index (κ3) is 6.08. The number of rotatable bonds is 7. The molecule has 0 aliphatic rings. The smallest absolute Gasteiger partial charge is 0.370 e. The lowest BCUT2D eigenvalue weighted by Crippen LogP contribution is -2.22. The van der Waals surface area contributed by atoms with Crippen molar-refractivity contribution in [2.45, 2.75) is 18.9 Å². The van der Waals surface area contributed by atoms with Crippen LogP contribution in [0.2, 0.25) is 0 Å². The van der Waals surface area contributed by atoms with Crippen molar-refractivity contribution in [1.82, 2.24) is 0 Å². The largest absolute Gasteiger partial charge is 0.482 e. The molecule has 7 heteroatoms. The lowest BCUT2D eigenvalue weighted by atomic mass is 10.2. The van der Waals surface area contributed by atoms with Crippen LogP contribution < -0.4 is 0 Å². The maximum atomic E-state index is 10.3. The minimum Gasteiger partial charge on any atom is -0.482 e.